The van der Waals surface area contributed by atoms with Crippen molar-refractivity contribution in [2.24, 2.45) is 0 Å². The van der Waals surface area contributed by atoms with Crippen LogP contribution in [0.1, 0.15) is 5.56 Å². The molecule has 0 aliphatic heterocycles. The number of halogens is 2. The first-order valence-electron chi connectivity index (χ1n) is 8.64. The summed E-state index contributed by atoms with van der Waals surface area (Å²) >= 11 is 8.67. The Bertz CT molecular complexity index is 1020. The van der Waals surface area contributed by atoms with Gasteiger partial charge in [0.2, 0.25) is 11.0 Å². The number of carbonyl (C=O) groups excluding carboxylic acids is 1. The third-order valence-corrected chi connectivity index (χ3v) is 6.15. The van der Waals surface area contributed by atoms with Gasteiger partial charge in [0.15, 0.2) is 4.34 Å². The van der Waals surface area contributed by atoms with E-state index in [1.807, 2.05) is 0 Å². The van der Waals surface area contributed by atoms with Crippen LogP contribution in [0, 0.1) is 5.82 Å². The predicted molar refractivity (Wildman–Crippen MR) is 118 cm³/mol. The predicted octanol–water partition coefficient (Wildman–Crippen LogP) is 4.69. The first-order valence-corrected chi connectivity index (χ1v) is 10.8. The first-order chi connectivity index (χ1) is 14.5. The number of hydrogen-bond acceptors (Lipinski definition) is 8. The third-order valence-electron chi connectivity index (χ3n) is 3.84. The van der Waals surface area contributed by atoms with E-state index >= 15 is 0 Å². The number of amides is 1. The molecule has 3 aromatic rings. The highest BCUT2D eigenvalue weighted by Crippen LogP contribution is 2.36. The van der Waals surface area contributed by atoms with E-state index in [-0.39, 0.29) is 17.5 Å². The van der Waals surface area contributed by atoms with Gasteiger partial charge in [-0.25, -0.2) is 4.39 Å². The molecule has 11 heteroatoms. The summed E-state index contributed by atoms with van der Waals surface area (Å²) in [7, 11) is 2.98. The molecule has 1 aromatic heterocycles. The van der Waals surface area contributed by atoms with Crippen LogP contribution < -0.4 is 20.1 Å². The number of rotatable bonds is 9. The Morgan fingerprint density at radius 1 is 1.17 bits per heavy atom. The Balaban J connectivity index is 1.52. The quantitative estimate of drug-likeness (QED) is 0.440. The standard InChI is InChI=1S/C19H18ClFN4O3S2/c1-27-15-8-14(16(28-2)7-13(15)20)23-17(26)10-29-19-25-24-18(30-19)22-9-11-3-5-12(21)6-4-11/h3-8H,9-10H2,1-2H3,(H,22,24)(H,23,26). The molecule has 0 radical (unpaired) electrons. The molecule has 0 spiro atoms. The summed E-state index contributed by atoms with van der Waals surface area (Å²) < 4.78 is 24.0. The van der Waals surface area contributed by atoms with E-state index in [2.05, 4.69) is 20.8 Å². The summed E-state index contributed by atoms with van der Waals surface area (Å²) in [5.74, 6) is 0.490. The summed E-state index contributed by atoms with van der Waals surface area (Å²) in [6.45, 7) is 0.498. The van der Waals surface area contributed by atoms with E-state index in [0.717, 1.165) is 5.56 Å². The van der Waals surface area contributed by atoms with Crippen LogP contribution in [0.25, 0.3) is 0 Å². The van der Waals surface area contributed by atoms with Gasteiger partial charge in [-0.2, -0.15) is 0 Å². The van der Waals surface area contributed by atoms with Crippen LogP contribution in [-0.2, 0) is 11.3 Å². The number of benzene rings is 2. The maximum Gasteiger partial charge on any atom is 0.234 e. The second kappa shape index (κ2) is 10.5. The Morgan fingerprint density at radius 3 is 2.60 bits per heavy atom. The van der Waals surface area contributed by atoms with Crippen molar-refractivity contribution >= 4 is 51.4 Å². The van der Waals surface area contributed by atoms with Crippen molar-refractivity contribution in [1.82, 2.24) is 10.2 Å². The molecule has 7 nitrogen and oxygen atoms in total. The van der Waals surface area contributed by atoms with Gasteiger partial charge in [-0.3, -0.25) is 4.79 Å². The van der Waals surface area contributed by atoms with Crippen LogP contribution in [0.2, 0.25) is 5.02 Å². The van der Waals surface area contributed by atoms with Crippen molar-refractivity contribution in [3.05, 3.63) is 52.8 Å². The van der Waals surface area contributed by atoms with E-state index in [0.29, 0.717) is 38.2 Å². The number of hydrogen-bond donors (Lipinski definition) is 2. The summed E-state index contributed by atoms with van der Waals surface area (Å²) in [5.41, 5.74) is 1.38. The fourth-order valence-corrected chi connectivity index (χ4v) is 4.17. The highest BCUT2D eigenvalue weighted by molar-refractivity contribution is 8.01. The number of ether oxygens (including phenoxy) is 2. The lowest BCUT2D eigenvalue weighted by atomic mass is 10.2. The number of nitrogens with one attached hydrogen (secondary N) is 2. The molecule has 0 unspecified atom stereocenters. The molecule has 1 amide bonds. The summed E-state index contributed by atoms with van der Waals surface area (Å²) in [6.07, 6.45) is 0. The van der Waals surface area contributed by atoms with Crippen LogP contribution in [-0.4, -0.2) is 36.1 Å². The number of methoxy groups -OCH3 is 2. The zero-order valence-electron chi connectivity index (χ0n) is 16.1. The molecule has 0 saturated carbocycles. The Labute approximate surface area is 185 Å². The van der Waals surface area contributed by atoms with Gasteiger partial charge in [0.05, 0.1) is 30.7 Å². The molecule has 0 atom stereocenters. The highest BCUT2D eigenvalue weighted by atomic mass is 35.5. The van der Waals surface area contributed by atoms with Gasteiger partial charge in [-0.1, -0.05) is 46.8 Å². The van der Waals surface area contributed by atoms with Crippen molar-refractivity contribution in [1.29, 1.82) is 0 Å². The topological polar surface area (TPSA) is 85.4 Å². The maximum absolute atomic E-state index is 12.9. The van der Waals surface area contributed by atoms with Gasteiger partial charge in [-0.15, -0.1) is 10.2 Å². The first kappa shape index (κ1) is 22.1. The normalized spacial score (nSPS) is 10.5. The molecule has 0 bridgehead atoms. The van der Waals surface area contributed by atoms with Crippen molar-refractivity contribution in [2.45, 2.75) is 10.9 Å². The highest BCUT2D eigenvalue weighted by Gasteiger charge is 2.14. The molecule has 2 aromatic carbocycles. The molecule has 30 heavy (non-hydrogen) atoms. The molecule has 0 aliphatic carbocycles. The van der Waals surface area contributed by atoms with Crippen LogP contribution in [0.15, 0.2) is 40.7 Å². The lowest BCUT2D eigenvalue weighted by molar-refractivity contribution is -0.113. The average Bonchev–Trinajstić information content (AvgIpc) is 3.20. The van der Waals surface area contributed by atoms with Crippen molar-refractivity contribution < 1.29 is 18.7 Å². The lowest BCUT2D eigenvalue weighted by Gasteiger charge is -2.12. The molecule has 1 heterocycles. The molecule has 0 saturated heterocycles. The third kappa shape index (κ3) is 5.97. The fourth-order valence-electron chi connectivity index (χ4n) is 2.39. The SMILES string of the molecule is COc1cc(NC(=O)CSc2nnc(NCc3ccc(F)cc3)s2)c(OC)cc1Cl. The van der Waals surface area contributed by atoms with E-state index in [1.165, 1.54) is 49.5 Å². The van der Waals surface area contributed by atoms with Crippen molar-refractivity contribution in [3.63, 3.8) is 0 Å². The number of anilines is 2. The van der Waals surface area contributed by atoms with Gasteiger partial charge >= 0.3 is 0 Å². The molecule has 158 valence electrons. The zero-order chi connectivity index (χ0) is 21.5. The molecule has 2 N–H and O–H groups in total. The van der Waals surface area contributed by atoms with E-state index in [9.17, 15) is 9.18 Å². The average molecular weight is 469 g/mol. The van der Waals surface area contributed by atoms with Gasteiger partial charge < -0.3 is 20.1 Å². The minimum atomic E-state index is -0.277. The molecular weight excluding hydrogens is 451 g/mol. The van der Waals surface area contributed by atoms with Gasteiger partial charge in [0.1, 0.15) is 17.3 Å². The number of nitrogens with zero attached hydrogens (tertiary/aromatic N) is 2. The van der Waals surface area contributed by atoms with Gasteiger partial charge in [0.25, 0.3) is 0 Å². The summed E-state index contributed by atoms with van der Waals surface area (Å²) in [5, 5.41) is 15.0. The smallest absolute Gasteiger partial charge is 0.234 e. The molecular formula is C19H18ClFN4O3S2. The van der Waals surface area contributed by atoms with Crippen LogP contribution in [0.5, 0.6) is 11.5 Å². The largest absolute Gasteiger partial charge is 0.495 e. The Morgan fingerprint density at radius 2 is 1.90 bits per heavy atom. The van der Waals surface area contributed by atoms with E-state index in [1.54, 1.807) is 24.3 Å². The molecule has 0 fully saturated rings. The number of carbonyl (C=O) groups is 1. The molecule has 0 aliphatic rings. The van der Waals surface area contributed by atoms with Crippen molar-refractivity contribution in [3.8, 4) is 11.5 Å². The van der Waals surface area contributed by atoms with Gasteiger partial charge in [0, 0.05) is 18.7 Å². The van der Waals surface area contributed by atoms with Crippen molar-refractivity contribution in [2.75, 3.05) is 30.6 Å². The van der Waals surface area contributed by atoms with E-state index in [4.69, 9.17) is 21.1 Å². The zero-order valence-corrected chi connectivity index (χ0v) is 18.5. The Hall–Kier alpha value is -2.56. The number of thioether (sulfide) groups is 1. The van der Waals surface area contributed by atoms with E-state index < -0.39 is 0 Å². The monoisotopic (exact) mass is 468 g/mol. The minimum absolute atomic E-state index is 0.140. The van der Waals surface area contributed by atoms with Crippen LogP contribution in [0.3, 0.4) is 0 Å². The molecule has 3 rings (SSSR count). The second-order valence-corrected chi connectivity index (χ2v) is 8.48. The number of aromatic nitrogens is 2. The van der Waals surface area contributed by atoms with Crippen LogP contribution in [0.4, 0.5) is 15.2 Å². The lowest BCUT2D eigenvalue weighted by Crippen LogP contribution is -2.14. The summed E-state index contributed by atoms with van der Waals surface area (Å²) in [4.78, 5) is 12.3. The fraction of sp³-hybridized carbons (Fsp3) is 0.211. The van der Waals surface area contributed by atoms with Crippen LogP contribution >= 0.6 is 34.7 Å². The second-order valence-electron chi connectivity index (χ2n) is 5.88. The minimum Gasteiger partial charge on any atom is -0.495 e. The van der Waals surface area contributed by atoms with Gasteiger partial charge in [-0.05, 0) is 17.7 Å². The Kier molecular flexibility index (Phi) is 7.72. The summed E-state index contributed by atoms with van der Waals surface area (Å²) in [6, 6.07) is 9.39. The maximum atomic E-state index is 12.9.